The van der Waals surface area contributed by atoms with Gasteiger partial charge in [-0.2, -0.15) is 0 Å². The molecule has 1 N–H and O–H groups in total. The number of hydrogen-bond acceptors (Lipinski definition) is 3. The Balaban J connectivity index is 2.17. The number of halogens is 1. The molecule has 0 bridgehead atoms. The van der Waals surface area contributed by atoms with Gasteiger partial charge >= 0.3 is 5.63 Å². The minimum Gasteiger partial charge on any atom is -0.423 e. The van der Waals surface area contributed by atoms with Gasteiger partial charge in [0, 0.05) is 22.2 Å². The number of hydrogen-bond donors (Lipinski definition) is 1. The first kappa shape index (κ1) is 13.7. The van der Waals surface area contributed by atoms with Gasteiger partial charge < -0.3 is 9.73 Å². The molecule has 0 saturated carbocycles. The number of rotatable bonds is 2. The van der Waals surface area contributed by atoms with Crippen LogP contribution in [-0.4, -0.2) is 0 Å². The van der Waals surface area contributed by atoms with Crippen molar-refractivity contribution in [3.05, 3.63) is 69.0 Å². The molecule has 3 aromatic rings. The predicted molar refractivity (Wildman–Crippen MR) is 86.7 cm³/mol. The van der Waals surface area contributed by atoms with Crippen LogP contribution < -0.4 is 10.9 Å². The van der Waals surface area contributed by atoms with Crippen molar-refractivity contribution in [2.75, 3.05) is 5.32 Å². The Morgan fingerprint density at radius 2 is 1.76 bits per heavy atom. The lowest BCUT2D eigenvalue weighted by Crippen LogP contribution is -2.02. The van der Waals surface area contributed by atoms with Crippen LogP contribution in [0.2, 0.25) is 5.02 Å². The normalized spacial score (nSPS) is 10.8. The molecule has 0 saturated heterocycles. The summed E-state index contributed by atoms with van der Waals surface area (Å²) in [6.07, 6.45) is 0. The monoisotopic (exact) mass is 299 g/mol. The zero-order valence-electron chi connectivity index (χ0n) is 11.7. The number of nitrogens with one attached hydrogen (secondary N) is 1. The van der Waals surface area contributed by atoms with E-state index in [4.69, 9.17) is 16.0 Å². The maximum Gasteiger partial charge on any atom is 0.338 e. The van der Waals surface area contributed by atoms with Crippen molar-refractivity contribution in [2.24, 2.45) is 0 Å². The maximum atomic E-state index is 11.7. The molecule has 0 fully saturated rings. The minimum absolute atomic E-state index is 0.371. The van der Waals surface area contributed by atoms with Crippen molar-refractivity contribution in [3.63, 3.8) is 0 Å². The lowest BCUT2D eigenvalue weighted by Gasteiger charge is -2.11. The first-order valence-electron chi connectivity index (χ1n) is 6.60. The van der Waals surface area contributed by atoms with Crippen molar-refractivity contribution in [3.8, 4) is 0 Å². The van der Waals surface area contributed by atoms with Crippen LogP contribution in [0.15, 0.2) is 51.7 Å². The largest absolute Gasteiger partial charge is 0.423 e. The van der Waals surface area contributed by atoms with Gasteiger partial charge in [0.05, 0.1) is 5.69 Å². The second-order valence-corrected chi connectivity index (χ2v) is 5.50. The van der Waals surface area contributed by atoms with E-state index < -0.39 is 0 Å². The van der Waals surface area contributed by atoms with Gasteiger partial charge in [-0.15, -0.1) is 0 Å². The summed E-state index contributed by atoms with van der Waals surface area (Å²) in [5, 5.41) is 4.84. The molecule has 0 aliphatic rings. The summed E-state index contributed by atoms with van der Waals surface area (Å²) >= 11 is 5.88. The van der Waals surface area contributed by atoms with E-state index in [1.165, 1.54) is 6.07 Å². The van der Waals surface area contributed by atoms with Crippen LogP contribution in [0.25, 0.3) is 11.0 Å². The number of anilines is 2. The highest BCUT2D eigenvalue weighted by Gasteiger charge is 2.09. The Bertz CT molecular complexity index is 866. The zero-order valence-corrected chi connectivity index (χ0v) is 12.5. The van der Waals surface area contributed by atoms with Crippen LogP contribution in [0.1, 0.15) is 11.1 Å². The molecule has 3 rings (SSSR count). The standard InChI is InChI=1S/C17H14ClNO2/c1-10-7-11(2)17-14(9-16(20)21-15(17)8-10)19-13-5-3-12(18)4-6-13/h3-9,19H,1-2H3. The topological polar surface area (TPSA) is 42.2 Å². The Morgan fingerprint density at radius 3 is 2.48 bits per heavy atom. The summed E-state index contributed by atoms with van der Waals surface area (Å²) in [7, 11) is 0. The summed E-state index contributed by atoms with van der Waals surface area (Å²) in [6.45, 7) is 3.98. The second kappa shape index (κ2) is 5.26. The molecule has 106 valence electrons. The molecule has 0 unspecified atom stereocenters. The van der Waals surface area contributed by atoms with Gasteiger partial charge in [0.25, 0.3) is 0 Å². The third-order valence-electron chi connectivity index (χ3n) is 3.31. The molecule has 0 amide bonds. The molecule has 2 aromatic carbocycles. The molecule has 21 heavy (non-hydrogen) atoms. The van der Waals surface area contributed by atoms with E-state index in [9.17, 15) is 4.79 Å². The fraction of sp³-hybridized carbons (Fsp3) is 0.118. The van der Waals surface area contributed by atoms with E-state index in [2.05, 4.69) is 11.4 Å². The van der Waals surface area contributed by atoms with Crippen LogP contribution in [0.3, 0.4) is 0 Å². The Morgan fingerprint density at radius 1 is 1.05 bits per heavy atom. The molecule has 4 heteroatoms. The SMILES string of the molecule is Cc1cc(C)c2c(Nc3ccc(Cl)cc3)cc(=O)oc2c1. The van der Waals surface area contributed by atoms with Crippen LogP contribution in [0.5, 0.6) is 0 Å². The molecule has 1 heterocycles. The number of benzene rings is 2. The van der Waals surface area contributed by atoms with Crippen LogP contribution in [0, 0.1) is 13.8 Å². The first-order chi connectivity index (χ1) is 10.0. The molecule has 0 spiro atoms. The molecule has 0 aliphatic carbocycles. The van der Waals surface area contributed by atoms with E-state index in [1.807, 2.05) is 32.0 Å². The van der Waals surface area contributed by atoms with E-state index >= 15 is 0 Å². The molecular formula is C17H14ClNO2. The van der Waals surface area contributed by atoms with Crippen molar-refractivity contribution in [1.29, 1.82) is 0 Å². The average molecular weight is 300 g/mol. The van der Waals surface area contributed by atoms with Crippen molar-refractivity contribution in [2.45, 2.75) is 13.8 Å². The lowest BCUT2D eigenvalue weighted by molar-refractivity contribution is 0.561. The van der Waals surface area contributed by atoms with Crippen LogP contribution in [0.4, 0.5) is 11.4 Å². The zero-order chi connectivity index (χ0) is 15.0. The van der Waals surface area contributed by atoms with E-state index in [0.717, 1.165) is 27.9 Å². The number of aryl methyl sites for hydroxylation is 2. The van der Waals surface area contributed by atoms with Crippen LogP contribution in [-0.2, 0) is 0 Å². The summed E-state index contributed by atoms with van der Waals surface area (Å²) in [5.74, 6) is 0. The second-order valence-electron chi connectivity index (χ2n) is 5.07. The average Bonchev–Trinajstić information content (AvgIpc) is 2.40. The Labute approximate surface area is 127 Å². The number of fused-ring (bicyclic) bond motifs is 1. The summed E-state index contributed by atoms with van der Waals surface area (Å²) in [4.78, 5) is 11.7. The highest BCUT2D eigenvalue weighted by molar-refractivity contribution is 6.30. The van der Waals surface area contributed by atoms with Gasteiger partial charge in [-0.05, 0) is 55.3 Å². The van der Waals surface area contributed by atoms with Gasteiger partial charge in [0.2, 0.25) is 0 Å². The third-order valence-corrected chi connectivity index (χ3v) is 3.56. The summed E-state index contributed by atoms with van der Waals surface area (Å²) in [5.41, 5.74) is 3.95. The van der Waals surface area contributed by atoms with E-state index in [-0.39, 0.29) is 5.63 Å². The van der Waals surface area contributed by atoms with Crippen molar-refractivity contribution >= 4 is 33.9 Å². The molecule has 0 radical (unpaired) electrons. The van der Waals surface area contributed by atoms with E-state index in [0.29, 0.717) is 10.6 Å². The smallest absolute Gasteiger partial charge is 0.338 e. The Hall–Kier alpha value is -2.26. The highest BCUT2D eigenvalue weighted by atomic mass is 35.5. The molecule has 1 aromatic heterocycles. The minimum atomic E-state index is -0.371. The molecule has 3 nitrogen and oxygen atoms in total. The molecule has 0 atom stereocenters. The van der Waals surface area contributed by atoms with E-state index in [1.54, 1.807) is 12.1 Å². The summed E-state index contributed by atoms with van der Waals surface area (Å²) in [6, 6.07) is 12.7. The van der Waals surface area contributed by atoms with Gasteiger partial charge in [-0.25, -0.2) is 4.79 Å². The highest BCUT2D eigenvalue weighted by Crippen LogP contribution is 2.29. The molecule has 0 aliphatic heterocycles. The van der Waals surface area contributed by atoms with Crippen molar-refractivity contribution < 1.29 is 4.42 Å². The van der Waals surface area contributed by atoms with Gasteiger partial charge in [0.15, 0.2) is 0 Å². The fourth-order valence-electron chi connectivity index (χ4n) is 2.47. The fourth-order valence-corrected chi connectivity index (χ4v) is 2.60. The summed E-state index contributed by atoms with van der Waals surface area (Å²) < 4.78 is 5.30. The first-order valence-corrected chi connectivity index (χ1v) is 6.98. The maximum absolute atomic E-state index is 11.7. The van der Waals surface area contributed by atoms with Gasteiger partial charge in [-0.3, -0.25) is 0 Å². The predicted octanol–water partition coefficient (Wildman–Crippen LogP) is 4.81. The molecular weight excluding hydrogens is 286 g/mol. The van der Waals surface area contributed by atoms with Crippen LogP contribution >= 0.6 is 11.6 Å². The third kappa shape index (κ3) is 2.78. The quantitative estimate of drug-likeness (QED) is 0.691. The van der Waals surface area contributed by atoms with Gasteiger partial charge in [-0.1, -0.05) is 17.7 Å². The Kier molecular flexibility index (Phi) is 3.43. The van der Waals surface area contributed by atoms with Gasteiger partial charge in [0.1, 0.15) is 5.58 Å². The lowest BCUT2D eigenvalue weighted by atomic mass is 10.1. The van der Waals surface area contributed by atoms with Crippen molar-refractivity contribution in [1.82, 2.24) is 0 Å².